The van der Waals surface area contributed by atoms with Gasteiger partial charge >= 0.3 is 0 Å². The molecule has 0 bridgehead atoms. The van der Waals surface area contributed by atoms with Crippen molar-refractivity contribution >= 4 is 0 Å². The van der Waals surface area contributed by atoms with Crippen molar-refractivity contribution in [1.29, 1.82) is 0 Å². The van der Waals surface area contributed by atoms with Crippen molar-refractivity contribution in [1.82, 2.24) is 0 Å². The van der Waals surface area contributed by atoms with Gasteiger partial charge in [0, 0.05) is 5.92 Å². The second kappa shape index (κ2) is 4.85. The number of hydrogen-bond acceptors (Lipinski definition) is 3. The van der Waals surface area contributed by atoms with Crippen molar-refractivity contribution in [2.75, 3.05) is 13.7 Å². The molecule has 1 fully saturated rings. The zero-order valence-electron chi connectivity index (χ0n) is 9.77. The van der Waals surface area contributed by atoms with Crippen LogP contribution in [0.2, 0.25) is 0 Å². The molecule has 0 saturated carbocycles. The molecule has 1 heterocycles. The molecule has 1 saturated heterocycles. The molecular formula is C13H18O3. The lowest BCUT2D eigenvalue weighted by Gasteiger charge is -2.26. The van der Waals surface area contributed by atoms with E-state index in [1.807, 2.05) is 6.92 Å². The summed E-state index contributed by atoms with van der Waals surface area (Å²) in [5, 5.41) is 9.27. The van der Waals surface area contributed by atoms with E-state index < -0.39 is 6.29 Å². The number of benzene rings is 1. The fourth-order valence-corrected chi connectivity index (χ4v) is 2.09. The Bertz CT molecular complexity index is 354. The van der Waals surface area contributed by atoms with Gasteiger partial charge in [0.25, 0.3) is 0 Å². The molecule has 1 aromatic carbocycles. The number of hydrogen-bond donors (Lipinski definition) is 1. The smallest absolute Gasteiger partial charge is 0.154 e. The van der Waals surface area contributed by atoms with E-state index in [-0.39, 0.29) is 0 Å². The first-order valence-corrected chi connectivity index (χ1v) is 5.65. The third-order valence-electron chi connectivity index (χ3n) is 3.16. The number of rotatable bonds is 2. The molecule has 0 spiro atoms. The van der Waals surface area contributed by atoms with Crippen molar-refractivity contribution in [3.05, 3.63) is 29.3 Å². The molecule has 0 aliphatic carbocycles. The monoisotopic (exact) mass is 222 g/mol. The molecule has 1 aromatic rings. The summed E-state index contributed by atoms with van der Waals surface area (Å²) in [6.45, 7) is 2.62. The molecule has 2 atom stereocenters. The highest BCUT2D eigenvalue weighted by molar-refractivity contribution is 5.38. The number of aliphatic hydroxyl groups excluding tert-OH is 1. The van der Waals surface area contributed by atoms with Gasteiger partial charge in [-0.1, -0.05) is 12.1 Å². The maximum Gasteiger partial charge on any atom is 0.154 e. The predicted octanol–water partition coefficient (Wildman–Crippen LogP) is 2.22. The van der Waals surface area contributed by atoms with Crippen LogP contribution in [0.15, 0.2) is 18.2 Å². The molecule has 0 amide bonds. The van der Waals surface area contributed by atoms with Crippen LogP contribution in [0.25, 0.3) is 0 Å². The molecule has 2 unspecified atom stereocenters. The van der Waals surface area contributed by atoms with E-state index in [0.29, 0.717) is 18.9 Å². The SMILES string of the molecule is COc1cc(C2CCC(O)OC2)ccc1C. The van der Waals surface area contributed by atoms with Gasteiger partial charge in [-0.25, -0.2) is 0 Å². The van der Waals surface area contributed by atoms with E-state index in [9.17, 15) is 5.11 Å². The third kappa shape index (κ3) is 2.36. The zero-order valence-corrected chi connectivity index (χ0v) is 9.77. The second-order valence-electron chi connectivity index (χ2n) is 4.29. The van der Waals surface area contributed by atoms with Gasteiger partial charge in [-0.05, 0) is 37.0 Å². The van der Waals surface area contributed by atoms with Gasteiger partial charge in [0.1, 0.15) is 5.75 Å². The van der Waals surface area contributed by atoms with Gasteiger partial charge in [-0.3, -0.25) is 0 Å². The van der Waals surface area contributed by atoms with Crippen LogP contribution >= 0.6 is 0 Å². The number of aliphatic hydroxyl groups is 1. The summed E-state index contributed by atoms with van der Waals surface area (Å²) in [6, 6.07) is 6.25. The molecule has 1 N–H and O–H groups in total. The van der Waals surface area contributed by atoms with E-state index in [4.69, 9.17) is 9.47 Å². The van der Waals surface area contributed by atoms with Crippen molar-refractivity contribution in [3.8, 4) is 5.75 Å². The first kappa shape index (κ1) is 11.4. The quantitative estimate of drug-likeness (QED) is 0.833. The minimum absolute atomic E-state index is 0.373. The summed E-state index contributed by atoms with van der Waals surface area (Å²) in [5.74, 6) is 1.29. The normalized spacial score (nSPS) is 25.4. The largest absolute Gasteiger partial charge is 0.496 e. The second-order valence-corrected chi connectivity index (χ2v) is 4.29. The van der Waals surface area contributed by atoms with Gasteiger partial charge < -0.3 is 14.6 Å². The van der Waals surface area contributed by atoms with Crippen LogP contribution in [-0.2, 0) is 4.74 Å². The Balaban J connectivity index is 2.14. The molecule has 0 aromatic heterocycles. The highest BCUT2D eigenvalue weighted by Gasteiger charge is 2.21. The molecule has 1 aliphatic rings. The lowest BCUT2D eigenvalue weighted by Crippen LogP contribution is -2.24. The highest BCUT2D eigenvalue weighted by atomic mass is 16.6. The average molecular weight is 222 g/mol. The fraction of sp³-hybridized carbons (Fsp3) is 0.538. The molecule has 3 nitrogen and oxygen atoms in total. The van der Waals surface area contributed by atoms with Crippen LogP contribution in [0.5, 0.6) is 5.75 Å². The first-order chi connectivity index (χ1) is 7.70. The Labute approximate surface area is 96.0 Å². The molecule has 88 valence electrons. The van der Waals surface area contributed by atoms with Gasteiger partial charge in [0.15, 0.2) is 6.29 Å². The minimum atomic E-state index is -0.580. The number of methoxy groups -OCH3 is 1. The van der Waals surface area contributed by atoms with Crippen LogP contribution in [0, 0.1) is 6.92 Å². The average Bonchev–Trinajstić information content (AvgIpc) is 2.31. The summed E-state index contributed by atoms with van der Waals surface area (Å²) in [4.78, 5) is 0. The van der Waals surface area contributed by atoms with Crippen molar-refractivity contribution in [3.63, 3.8) is 0 Å². The molecule has 2 rings (SSSR count). The van der Waals surface area contributed by atoms with E-state index in [2.05, 4.69) is 18.2 Å². The summed E-state index contributed by atoms with van der Waals surface area (Å²) in [5.41, 5.74) is 2.37. The lowest BCUT2D eigenvalue weighted by molar-refractivity contribution is -0.129. The van der Waals surface area contributed by atoms with Gasteiger partial charge in [-0.2, -0.15) is 0 Å². The predicted molar refractivity (Wildman–Crippen MR) is 61.7 cm³/mol. The summed E-state index contributed by atoms with van der Waals surface area (Å²) >= 11 is 0. The minimum Gasteiger partial charge on any atom is -0.496 e. The van der Waals surface area contributed by atoms with Crippen LogP contribution in [-0.4, -0.2) is 25.1 Å². The molecule has 1 aliphatic heterocycles. The molecular weight excluding hydrogens is 204 g/mol. The van der Waals surface area contributed by atoms with Crippen molar-refractivity contribution in [2.45, 2.75) is 32.0 Å². The Morgan fingerprint density at radius 1 is 1.38 bits per heavy atom. The molecule has 3 heteroatoms. The summed E-state index contributed by atoms with van der Waals surface area (Å²) in [7, 11) is 1.69. The maximum absolute atomic E-state index is 9.27. The summed E-state index contributed by atoms with van der Waals surface area (Å²) < 4.78 is 10.6. The van der Waals surface area contributed by atoms with E-state index in [1.165, 1.54) is 5.56 Å². The number of aryl methyl sites for hydroxylation is 1. The van der Waals surface area contributed by atoms with Gasteiger partial charge in [0.2, 0.25) is 0 Å². The standard InChI is InChI=1S/C13H18O3/c1-9-3-4-10(7-12(9)15-2)11-5-6-13(14)16-8-11/h3-4,7,11,13-14H,5-6,8H2,1-2H3. The van der Waals surface area contributed by atoms with E-state index in [1.54, 1.807) is 7.11 Å². The Morgan fingerprint density at radius 2 is 2.19 bits per heavy atom. The highest BCUT2D eigenvalue weighted by Crippen LogP contribution is 2.30. The van der Waals surface area contributed by atoms with Crippen molar-refractivity contribution < 1.29 is 14.6 Å². The zero-order chi connectivity index (χ0) is 11.5. The van der Waals surface area contributed by atoms with Crippen LogP contribution in [0.3, 0.4) is 0 Å². The first-order valence-electron chi connectivity index (χ1n) is 5.65. The summed E-state index contributed by atoms with van der Waals surface area (Å²) in [6.07, 6.45) is 1.09. The van der Waals surface area contributed by atoms with Crippen LogP contribution in [0.1, 0.15) is 29.9 Å². The van der Waals surface area contributed by atoms with Gasteiger partial charge in [0.05, 0.1) is 13.7 Å². The third-order valence-corrected chi connectivity index (χ3v) is 3.16. The molecule has 16 heavy (non-hydrogen) atoms. The number of ether oxygens (including phenoxy) is 2. The topological polar surface area (TPSA) is 38.7 Å². The Hall–Kier alpha value is -1.06. The maximum atomic E-state index is 9.27. The fourth-order valence-electron chi connectivity index (χ4n) is 2.09. The lowest BCUT2D eigenvalue weighted by atomic mass is 9.92. The van der Waals surface area contributed by atoms with E-state index in [0.717, 1.165) is 17.7 Å². The Kier molecular flexibility index (Phi) is 3.46. The molecule has 0 radical (unpaired) electrons. The van der Waals surface area contributed by atoms with Crippen LogP contribution in [0.4, 0.5) is 0 Å². The van der Waals surface area contributed by atoms with Crippen molar-refractivity contribution in [2.24, 2.45) is 0 Å². The van der Waals surface area contributed by atoms with Gasteiger partial charge in [-0.15, -0.1) is 0 Å². The Morgan fingerprint density at radius 3 is 2.81 bits per heavy atom. The van der Waals surface area contributed by atoms with E-state index >= 15 is 0 Å². The van der Waals surface area contributed by atoms with Crippen LogP contribution < -0.4 is 4.74 Å².